The molecule has 0 unspecified atom stereocenters. The maximum Gasteiger partial charge on any atom is 0.416 e. The molecule has 1 amide bonds. The van der Waals surface area contributed by atoms with E-state index in [1.54, 1.807) is 0 Å². The number of halogens is 3. The summed E-state index contributed by atoms with van der Waals surface area (Å²) >= 11 is 0. The van der Waals surface area contributed by atoms with E-state index in [1.807, 2.05) is 4.90 Å². The molecule has 0 aliphatic carbocycles. The van der Waals surface area contributed by atoms with Gasteiger partial charge in [0.15, 0.2) is 0 Å². The number of carbonyl (C=O) groups is 1. The lowest BCUT2D eigenvalue weighted by Gasteiger charge is -2.31. The number of nitrogens with one attached hydrogen (secondary N) is 2. The van der Waals surface area contributed by atoms with E-state index in [0.717, 1.165) is 18.2 Å². The van der Waals surface area contributed by atoms with Crippen molar-refractivity contribution in [2.24, 2.45) is 0 Å². The minimum Gasteiger partial charge on any atom is -0.383 e. The van der Waals surface area contributed by atoms with E-state index in [1.165, 1.54) is 25.2 Å². The molecule has 0 bridgehead atoms. The van der Waals surface area contributed by atoms with Crippen LogP contribution in [0.25, 0.3) is 0 Å². The van der Waals surface area contributed by atoms with Crippen LogP contribution in [0.4, 0.5) is 35.9 Å². The minimum absolute atomic E-state index is 0.0305. The van der Waals surface area contributed by atoms with E-state index in [4.69, 9.17) is 4.74 Å². The topological polar surface area (TPSA) is 96.7 Å². The Morgan fingerprint density at radius 3 is 2.43 bits per heavy atom. The van der Waals surface area contributed by atoms with Crippen LogP contribution in [0, 0.1) is 10.1 Å². The predicted octanol–water partition coefficient (Wildman–Crippen LogP) is 3.74. The molecule has 2 aromatic carbocycles. The number of hydrogen-bond acceptors (Lipinski definition) is 6. The third kappa shape index (κ3) is 4.62. The highest BCUT2D eigenvalue weighted by atomic mass is 19.4. The monoisotopic (exact) mass is 424 g/mol. The van der Waals surface area contributed by atoms with Gasteiger partial charge in [0.1, 0.15) is 5.69 Å². The molecule has 8 nitrogen and oxygen atoms in total. The van der Waals surface area contributed by atoms with Gasteiger partial charge in [-0.05, 0) is 30.3 Å². The van der Waals surface area contributed by atoms with Crippen LogP contribution >= 0.6 is 0 Å². The summed E-state index contributed by atoms with van der Waals surface area (Å²) in [5, 5.41) is 16.3. The van der Waals surface area contributed by atoms with Gasteiger partial charge in [0, 0.05) is 31.8 Å². The summed E-state index contributed by atoms with van der Waals surface area (Å²) in [6, 6.07) is 6.91. The highest BCUT2D eigenvalue weighted by molar-refractivity contribution is 6.06. The molecule has 1 aliphatic heterocycles. The summed E-state index contributed by atoms with van der Waals surface area (Å²) in [6.45, 7) is 1.73. The lowest BCUT2D eigenvalue weighted by Crippen LogP contribution is -2.36. The molecule has 1 saturated heterocycles. The summed E-state index contributed by atoms with van der Waals surface area (Å²) < 4.78 is 44.9. The first-order valence-electron chi connectivity index (χ1n) is 9.02. The molecule has 3 rings (SSSR count). The third-order valence-corrected chi connectivity index (χ3v) is 4.65. The molecule has 1 heterocycles. The van der Waals surface area contributed by atoms with Gasteiger partial charge in [0.2, 0.25) is 0 Å². The number of ether oxygens (including phenoxy) is 1. The van der Waals surface area contributed by atoms with Gasteiger partial charge >= 0.3 is 6.18 Å². The number of nitrogens with zero attached hydrogens (tertiary/aromatic N) is 2. The second-order valence-corrected chi connectivity index (χ2v) is 6.52. The minimum atomic E-state index is -4.59. The largest absolute Gasteiger partial charge is 0.416 e. The van der Waals surface area contributed by atoms with Gasteiger partial charge in [0.25, 0.3) is 11.6 Å². The number of nitro benzene ring substituents is 1. The van der Waals surface area contributed by atoms with Gasteiger partial charge in [-0.25, -0.2) is 0 Å². The number of benzene rings is 2. The standard InChI is InChI=1S/C19H19F3N4O4/c1-23-14-4-2-12(10-17(14)26(28)29)18(27)24-15-11-13(19(20,21)22)3-5-16(15)25-6-8-30-9-7-25/h2-5,10-11,23H,6-9H2,1H3,(H,24,27). The summed E-state index contributed by atoms with van der Waals surface area (Å²) in [6.07, 6.45) is -4.59. The first-order chi connectivity index (χ1) is 14.2. The Morgan fingerprint density at radius 2 is 1.83 bits per heavy atom. The number of hydrogen-bond donors (Lipinski definition) is 2. The van der Waals surface area contributed by atoms with Crippen LogP contribution in [0.15, 0.2) is 36.4 Å². The molecular weight excluding hydrogens is 405 g/mol. The maximum atomic E-state index is 13.2. The van der Waals surface area contributed by atoms with Crippen LogP contribution in [0.3, 0.4) is 0 Å². The number of anilines is 3. The van der Waals surface area contributed by atoms with E-state index in [9.17, 15) is 28.1 Å². The zero-order valence-corrected chi connectivity index (χ0v) is 16.0. The van der Waals surface area contributed by atoms with Gasteiger partial charge < -0.3 is 20.3 Å². The van der Waals surface area contributed by atoms with Gasteiger partial charge in [-0.3, -0.25) is 14.9 Å². The Hall–Kier alpha value is -3.34. The van der Waals surface area contributed by atoms with E-state index in [0.29, 0.717) is 32.0 Å². The second kappa shape index (κ2) is 8.57. The molecular formula is C19H19F3N4O4. The smallest absolute Gasteiger partial charge is 0.383 e. The first-order valence-corrected chi connectivity index (χ1v) is 9.02. The molecule has 2 N–H and O–H groups in total. The van der Waals surface area contributed by atoms with E-state index in [-0.39, 0.29) is 22.6 Å². The lowest BCUT2D eigenvalue weighted by atomic mass is 10.1. The van der Waals surface area contributed by atoms with Crippen LogP contribution in [-0.2, 0) is 10.9 Å². The Bertz CT molecular complexity index is 959. The predicted molar refractivity (Wildman–Crippen MR) is 105 cm³/mol. The van der Waals surface area contributed by atoms with Crippen molar-refractivity contribution in [2.75, 3.05) is 48.9 Å². The molecule has 2 aromatic rings. The van der Waals surface area contributed by atoms with Gasteiger partial charge in [0.05, 0.1) is 35.1 Å². The normalized spacial score (nSPS) is 14.3. The number of alkyl halides is 3. The molecule has 160 valence electrons. The van der Waals surface area contributed by atoms with E-state index in [2.05, 4.69) is 10.6 Å². The van der Waals surface area contributed by atoms with Crippen molar-refractivity contribution in [1.82, 2.24) is 0 Å². The number of rotatable bonds is 5. The average Bonchev–Trinajstić information content (AvgIpc) is 2.73. The summed E-state index contributed by atoms with van der Waals surface area (Å²) in [5.74, 6) is -0.755. The Labute approximate surface area is 169 Å². The Kier molecular flexibility index (Phi) is 6.11. The summed E-state index contributed by atoms with van der Waals surface area (Å²) in [5.41, 5.74) is -0.678. The maximum absolute atomic E-state index is 13.2. The Morgan fingerprint density at radius 1 is 1.13 bits per heavy atom. The summed E-state index contributed by atoms with van der Waals surface area (Å²) in [4.78, 5) is 25.1. The number of morpholine rings is 1. The van der Waals surface area contributed by atoms with Crippen molar-refractivity contribution in [3.8, 4) is 0 Å². The van der Waals surface area contributed by atoms with Crippen LogP contribution in [-0.4, -0.2) is 44.2 Å². The zero-order chi connectivity index (χ0) is 21.9. The van der Waals surface area contributed by atoms with Crippen molar-refractivity contribution < 1.29 is 27.6 Å². The van der Waals surface area contributed by atoms with Crippen LogP contribution < -0.4 is 15.5 Å². The van der Waals surface area contributed by atoms with E-state index < -0.39 is 22.6 Å². The van der Waals surface area contributed by atoms with Crippen LogP contribution in [0.2, 0.25) is 0 Å². The fourth-order valence-corrected chi connectivity index (χ4v) is 3.12. The third-order valence-electron chi connectivity index (χ3n) is 4.65. The number of nitro groups is 1. The average molecular weight is 424 g/mol. The Balaban J connectivity index is 1.96. The number of amides is 1. The van der Waals surface area contributed by atoms with Crippen molar-refractivity contribution >= 4 is 28.7 Å². The van der Waals surface area contributed by atoms with E-state index >= 15 is 0 Å². The van der Waals surface area contributed by atoms with Gasteiger partial charge in [-0.15, -0.1) is 0 Å². The second-order valence-electron chi connectivity index (χ2n) is 6.52. The molecule has 0 aromatic heterocycles. The van der Waals surface area contributed by atoms with Crippen molar-refractivity contribution in [1.29, 1.82) is 0 Å². The molecule has 0 saturated carbocycles. The lowest BCUT2D eigenvalue weighted by molar-refractivity contribution is -0.384. The highest BCUT2D eigenvalue weighted by Crippen LogP contribution is 2.36. The molecule has 11 heteroatoms. The first kappa shape index (κ1) is 21.4. The molecule has 30 heavy (non-hydrogen) atoms. The fraction of sp³-hybridized carbons (Fsp3) is 0.316. The fourth-order valence-electron chi connectivity index (χ4n) is 3.12. The summed E-state index contributed by atoms with van der Waals surface area (Å²) in [7, 11) is 1.50. The van der Waals surface area contributed by atoms with Gasteiger partial charge in [-0.1, -0.05) is 0 Å². The highest BCUT2D eigenvalue weighted by Gasteiger charge is 2.32. The van der Waals surface area contributed by atoms with Crippen molar-refractivity contribution in [2.45, 2.75) is 6.18 Å². The van der Waals surface area contributed by atoms with Gasteiger partial charge in [-0.2, -0.15) is 13.2 Å². The molecule has 1 fully saturated rings. The van der Waals surface area contributed by atoms with Crippen LogP contribution in [0.1, 0.15) is 15.9 Å². The van der Waals surface area contributed by atoms with Crippen molar-refractivity contribution in [3.05, 3.63) is 57.6 Å². The van der Waals surface area contributed by atoms with Crippen LogP contribution in [0.5, 0.6) is 0 Å². The molecule has 0 spiro atoms. The molecule has 0 atom stereocenters. The number of carbonyl (C=O) groups excluding carboxylic acids is 1. The SMILES string of the molecule is CNc1ccc(C(=O)Nc2cc(C(F)(F)F)ccc2N2CCOCC2)cc1[N+](=O)[O-]. The zero-order valence-electron chi connectivity index (χ0n) is 16.0. The quantitative estimate of drug-likeness (QED) is 0.561. The molecule has 0 radical (unpaired) electrons. The molecule has 1 aliphatic rings. The van der Waals surface area contributed by atoms with Crippen molar-refractivity contribution in [3.63, 3.8) is 0 Å².